The van der Waals surface area contributed by atoms with Gasteiger partial charge in [-0.15, -0.1) is 23.1 Å². The van der Waals surface area contributed by atoms with Crippen molar-refractivity contribution in [3.63, 3.8) is 0 Å². The van der Waals surface area contributed by atoms with Crippen molar-refractivity contribution in [3.05, 3.63) is 44.9 Å². The van der Waals surface area contributed by atoms with Gasteiger partial charge in [0.1, 0.15) is 5.01 Å². The fourth-order valence-corrected chi connectivity index (χ4v) is 4.44. The molecule has 2 nitrogen and oxygen atoms in total. The highest BCUT2D eigenvalue weighted by atomic mass is 35.5. The van der Waals surface area contributed by atoms with Crippen molar-refractivity contribution in [2.24, 2.45) is 5.73 Å². The Hall–Kier alpha value is -0.550. The van der Waals surface area contributed by atoms with Gasteiger partial charge in [-0.05, 0) is 43.5 Å². The monoisotopic (exact) mass is 310 g/mol. The number of hydrogen-bond acceptors (Lipinski definition) is 4. The van der Waals surface area contributed by atoms with E-state index in [0.29, 0.717) is 0 Å². The van der Waals surface area contributed by atoms with Crippen molar-refractivity contribution in [1.82, 2.24) is 4.98 Å². The van der Waals surface area contributed by atoms with E-state index in [-0.39, 0.29) is 6.04 Å². The molecule has 19 heavy (non-hydrogen) atoms. The predicted molar refractivity (Wildman–Crippen MR) is 83.0 cm³/mol. The lowest BCUT2D eigenvalue weighted by molar-refractivity contribution is 0.563. The normalized spacial score (nSPS) is 18.3. The van der Waals surface area contributed by atoms with Crippen molar-refractivity contribution in [1.29, 1.82) is 0 Å². The molecule has 2 N–H and O–H groups in total. The molecule has 0 saturated carbocycles. The first-order valence-corrected chi connectivity index (χ1v) is 8.53. The smallest absolute Gasteiger partial charge is 0.103 e. The van der Waals surface area contributed by atoms with Gasteiger partial charge in [-0.25, -0.2) is 4.98 Å². The van der Waals surface area contributed by atoms with Crippen LogP contribution in [0.1, 0.15) is 34.5 Å². The van der Waals surface area contributed by atoms with Crippen LogP contribution >= 0.6 is 34.7 Å². The summed E-state index contributed by atoms with van der Waals surface area (Å²) < 4.78 is 0. The van der Waals surface area contributed by atoms with Crippen LogP contribution in [0.25, 0.3) is 0 Å². The Labute approximate surface area is 126 Å². The topological polar surface area (TPSA) is 38.9 Å². The van der Waals surface area contributed by atoms with E-state index in [4.69, 9.17) is 22.3 Å². The second-order valence-corrected chi connectivity index (χ2v) is 7.31. The standard InChI is InChI=1S/C14H15ClN2S2/c15-9-4-6-10(7-5-9)18-8-13-17-14-11(16)2-1-3-12(14)19-13/h4-7,11H,1-3,8,16H2. The molecule has 5 heteroatoms. The van der Waals surface area contributed by atoms with Crippen LogP contribution in [0.3, 0.4) is 0 Å². The summed E-state index contributed by atoms with van der Waals surface area (Å²) in [4.78, 5) is 7.33. The average Bonchev–Trinajstić information content (AvgIpc) is 2.83. The molecular formula is C14H15ClN2S2. The molecule has 0 amide bonds. The highest BCUT2D eigenvalue weighted by Gasteiger charge is 2.21. The lowest BCUT2D eigenvalue weighted by atomic mass is 9.99. The van der Waals surface area contributed by atoms with Crippen LogP contribution in [0, 0.1) is 0 Å². The summed E-state index contributed by atoms with van der Waals surface area (Å²) in [6.07, 6.45) is 3.41. The van der Waals surface area contributed by atoms with Gasteiger partial charge in [0.25, 0.3) is 0 Å². The first kappa shape index (κ1) is 13.4. The summed E-state index contributed by atoms with van der Waals surface area (Å²) in [6, 6.07) is 8.09. The van der Waals surface area contributed by atoms with Gasteiger partial charge in [-0.3, -0.25) is 0 Å². The third-order valence-electron chi connectivity index (χ3n) is 3.22. The minimum Gasteiger partial charge on any atom is -0.323 e. The van der Waals surface area contributed by atoms with E-state index in [1.54, 1.807) is 11.8 Å². The molecule has 100 valence electrons. The Morgan fingerprint density at radius 2 is 2.16 bits per heavy atom. The van der Waals surface area contributed by atoms with Crippen LogP contribution in [0.15, 0.2) is 29.2 Å². The Balaban J connectivity index is 1.69. The summed E-state index contributed by atoms with van der Waals surface area (Å²) in [6.45, 7) is 0. The zero-order valence-corrected chi connectivity index (χ0v) is 12.8. The van der Waals surface area contributed by atoms with E-state index in [1.165, 1.54) is 21.2 Å². The molecular weight excluding hydrogens is 296 g/mol. The van der Waals surface area contributed by atoms with E-state index in [2.05, 4.69) is 0 Å². The van der Waals surface area contributed by atoms with Crippen LogP contribution in [-0.4, -0.2) is 4.98 Å². The number of nitrogens with two attached hydrogens (primary N) is 1. The van der Waals surface area contributed by atoms with E-state index >= 15 is 0 Å². The minimum absolute atomic E-state index is 0.147. The molecule has 1 unspecified atom stereocenters. The second-order valence-electron chi connectivity index (χ2n) is 4.66. The third kappa shape index (κ3) is 3.14. The molecule has 1 aliphatic carbocycles. The number of rotatable bonds is 3. The summed E-state index contributed by atoms with van der Waals surface area (Å²) in [5, 5.41) is 1.96. The largest absolute Gasteiger partial charge is 0.323 e. The molecule has 1 heterocycles. The van der Waals surface area contributed by atoms with Crippen molar-refractivity contribution >= 4 is 34.7 Å². The van der Waals surface area contributed by atoms with Gasteiger partial charge < -0.3 is 5.73 Å². The van der Waals surface area contributed by atoms with Crippen LogP contribution in [0.5, 0.6) is 0 Å². The van der Waals surface area contributed by atoms with Gasteiger partial charge in [0.05, 0.1) is 11.4 Å². The Bertz CT molecular complexity index is 565. The number of aromatic nitrogens is 1. The van der Waals surface area contributed by atoms with Gasteiger partial charge in [0, 0.05) is 20.8 Å². The van der Waals surface area contributed by atoms with Crippen molar-refractivity contribution in [2.75, 3.05) is 0 Å². The molecule has 1 aromatic carbocycles. The number of hydrogen-bond donors (Lipinski definition) is 1. The van der Waals surface area contributed by atoms with Crippen LogP contribution in [0.2, 0.25) is 5.02 Å². The van der Waals surface area contributed by atoms with Gasteiger partial charge in [0.15, 0.2) is 0 Å². The maximum atomic E-state index is 6.11. The Kier molecular flexibility index (Phi) is 4.12. The maximum Gasteiger partial charge on any atom is 0.103 e. The maximum absolute atomic E-state index is 6.11. The minimum atomic E-state index is 0.147. The van der Waals surface area contributed by atoms with Gasteiger partial charge in [-0.1, -0.05) is 11.6 Å². The Morgan fingerprint density at radius 3 is 2.89 bits per heavy atom. The van der Waals surface area contributed by atoms with Gasteiger partial charge in [-0.2, -0.15) is 0 Å². The summed E-state index contributed by atoms with van der Waals surface area (Å²) in [5.74, 6) is 0.909. The molecule has 1 atom stereocenters. The van der Waals surface area contributed by atoms with E-state index < -0.39 is 0 Å². The number of aryl methyl sites for hydroxylation is 1. The number of thioether (sulfide) groups is 1. The molecule has 0 bridgehead atoms. The molecule has 0 saturated heterocycles. The van der Waals surface area contributed by atoms with Crippen LogP contribution < -0.4 is 5.73 Å². The highest BCUT2D eigenvalue weighted by Crippen LogP contribution is 2.34. The SMILES string of the molecule is NC1CCCc2sc(CSc3ccc(Cl)cc3)nc21. The van der Waals surface area contributed by atoms with E-state index in [1.807, 2.05) is 35.6 Å². The van der Waals surface area contributed by atoms with Crippen molar-refractivity contribution in [2.45, 2.75) is 36.0 Å². The molecule has 0 spiro atoms. The second kappa shape index (κ2) is 5.83. The van der Waals surface area contributed by atoms with Crippen LogP contribution in [0.4, 0.5) is 0 Å². The van der Waals surface area contributed by atoms with E-state index in [0.717, 1.165) is 29.3 Å². The average molecular weight is 311 g/mol. The number of nitrogens with zero attached hydrogens (tertiary/aromatic N) is 1. The van der Waals surface area contributed by atoms with Crippen molar-refractivity contribution in [3.8, 4) is 0 Å². The zero-order chi connectivity index (χ0) is 13.2. The molecule has 1 aliphatic rings. The molecule has 0 aliphatic heterocycles. The lowest BCUT2D eigenvalue weighted by Crippen LogP contribution is -2.16. The van der Waals surface area contributed by atoms with Crippen molar-refractivity contribution < 1.29 is 0 Å². The van der Waals surface area contributed by atoms with E-state index in [9.17, 15) is 0 Å². The molecule has 3 rings (SSSR count). The van der Waals surface area contributed by atoms with Gasteiger partial charge in [0.2, 0.25) is 0 Å². The highest BCUT2D eigenvalue weighted by molar-refractivity contribution is 7.98. The molecule has 2 aromatic rings. The third-order valence-corrected chi connectivity index (χ3v) is 5.81. The van der Waals surface area contributed by atoms with Gasteiger partial charge >= 0.3 is 0 Å². The predicted octanol–water partition coefficient (Wildman–Crippen LogP) is 4.42. The fourth-order valence-electron chi connectivity index (χ4n) is 2.24. The number of halogens is 1. The molecule has 0 radical (unpaired) electrons. The summed E-state index contributed by atoms with van der Waals surface area (Å²) in [7, 11) is 0. The number of fused-ring (bicyclic) bond motifs is 1. The zero-order valence-electron chi connectivity index (χ0n) is 10.4. The molecule has 0 fully saturated rings. The Morgan fingerprint density at radius 1 is 1.37 bits per heavy atom. The number of benzene rings is 1. The van der Waals surface area contributed by atoms with Crippen LogP contribution in [-0.2, 0) is 12.2 Å². The molecule has 1 aromatic heterocycles. The first-order chi connectivity index (χ1) is 9.22. The first-order valence-electron chi connectivity index (χ1n) is 6.35. The quantitative estimate of drug-likeness (QED) is 0.853. The number of thiazole rings is 1. The summed E-state index contributed by atoms with van der Waals surface area (Å²) in [5.41, 5.74) is 7.25. The fraction of sp³-hybridized carbons (Fsp3) is 0.357. The summed E-state index contributed by atoms with van der Waals surface area (Å²) >= 11 is 9.50. The lowest BCUT2D eigenvalue weighted by Gasteiger charge is -2.15.